The summed E-state index contributed by atoms with van der Waals surface area (Å²) in [5.74, 6) is 0. The first-order chi connectivity index (χ1) is 8.08. The van der Waals surface area contributed by atoms with Gasteiger partial charge in [0.15, 0.2) is 0 Å². The summed E-state index contributed by atoms with van der Waals surface area (Å²) in [5, 5.41) is 9.44. The molecule has 0 fully saturated rings. The Balaban J connectivity index is 4.02. The molecule has 2 heteroatoms. The molecule has 17 heavy (non-hydrogen) atoms. The van der Waals surface area contributed by atoms with Gasteiger partial charge in [-0.25, -0.2) is 0 Å². The quantitative estimate of drug-likeness (QED) is 0.553. The molecular weight excluding hydrogens is 212 g/mol. The molecule has 0 aromatic heterocycles. The van der Waals surface area contributed by atoms with Crippen molar-refractivity contribution in [2.75, 3.05) is 13.2 Å². The Morgan fingerprint density at radius 1 is 1.00 bits per heavy atom. The summed E-state index contributed by atoms with van der Waals surface area (Å²) < 4.78 is 5.99. The normalized spacial score (nSPS) is 13.9. The average Bonchev–Trinajstić information content (AvgIpc) is 2.32. The van der Waals surface area contributed by atoms with Gasteiger partial charge in [-0.15, -0.1) is 0 Å². The molecule has 0 aliphatic carbocycles. The first-order valence-electron chi connectivity index (χ1n) is 7.31. The van der Waals surface area contributed by atoms with Gasteiger partial charge in [0, 0.05) is 12.0 Å². The van der Waals surface area contributed by atoms with Crippen molar-refractivity contribution in [2.24, 2.45) is 5.41 Å². The predicted octanol–water partition coefficient (Wildman–Crippen LogP) is 4.16. The minimum Gasteiger partial charge on any atom is -0.396 e. The van der Waals surface area contributed by atoms with E-state index in [1.807, 2.05) is 0 Å². The van der Waals surface area contributed by atoms with E-state index in [0.717, 1.165) is 19.4 Å². The number of unbranched alkanes of at least 4 members (excludes halogenated alkanes) is 4. The van der Waals surface area contributed by atoms with Crippen LogP contribution in [0.4, 0.5) is 0 Å². The van der Waals surface area contributed by atoms with Crippen molar-refractivity contribution in [1.29, 1.82) is 0 Å². The van der Waals surface area contributed by atoms with E-state index in [1.165, 1.54) is 32.1 Å². The van der Waals surface area contributed by atoms with Crippen LogP contribution in [0.25, 0.3) is 0 Å². The van der Waals surface area contributed by atoms with Crippen molar-refractivity contribution in [1.82, 2.24) is 0 Å². The van der Waals surface area contributed by atoms with Gasteiger partial charge in [-0.2, -0.15) is 0 Å². The molecule has 0 saturated carbocycles. The summed E-state index contributed by atoms with van der Waals surface area (Å²) in [6.45, 7) is 9.67. The van der Waals surface area contributed by atoms with Crippen molar-refractivity contribution < 1.29 is 9.84 Å². The standard InChI is InChI=1S/C15H32O2/c1-5-7-9-11-14(15(3,4)13-16)17-12-10-8-6-2/h14,16H,5-13H2,1-4H3. The Bertz CT molecular complexity index is 166. The second-order valence-corrected chi connectivity index (χ2v) is 5.71. The summed E-state index contributed by atoms with van der Waals surface area (Å²) in [7, 11) is 0. The van der Waals surface area contributed by atoms with Gasteiger partial charge >= 0.3 is 0 Å². The highest BCUT2D eigenvalue weighted by Crippen LogP contribution is 2.27. The van der Waals surface area contributed by atoms with Crippen LogP contribution in [0.5, 0.6) is 0 Å². The maximum absolute atomic E-state index is 9.44. The number of rotatable bonds is 11. The van der Waals surface area contributed by atoms with Gasteiger partial charge < -0.3 is 9.84 Å². The number of ether oxygens (including phenoxy) is 1. The second-order valence-electron chi connectivity index (χ2n) is 5.71. The third kappa shape index (κ3) is 7.77. The van der Waals surface area contributed by atoms with E-state index in [1.54, 1.807) is 0 Å². The van der Waals surface area contributed by atoms with E-state index < -0.39 is 0 Å². The van der Waals surface area contributed by atoms with E-state index >= 15 is 0 Å². The number of hydrogen-bond donors (Lipinski definition) is 1. The lowest BCUT2D eigenvalue weighted by molar-refractivity contribution is -0.0551. The molecule has 104 valence electrons. The van der Waals surface area contributed by atoms with Crippen LogP contribution in [0.15, 0.2) is 0 Å². The monoisotopic (exact) mass is 244 g/mol. The van der Waals surface area contributed by atoms with Crippen molar-refractivity contribution in [2.45, 2.75) is 78.7 Å². The zero-order valence-corrected chi connectivity index (χ0v) is 12.3. The molecule has 0 bridgehead atoms. The van der Waals surface area contributed by atoms with Gasteiger partial charge in [0.25, 0.3) is 0 Å². The third-order valence-corrected chi connectivity index (χ3v) is 3.42. The first-order valence-corrected chi connectivity index (χ1v) is 7.31. The molecule has 0 aromatic rings. The van der Waals surface area contributed by atoms with Gasteiger partial charge in [0.05, 0.1) is 12.7 Å². The molecular formula is C15H32O2. The summed E-state index contributed by atoms with van der Waals surface area (Å²) in [6.07, 6.45) is 8.59. The zero-order chi connectivity index (χ0) is 13.1. The maximum Gasteiger partial charge on any atom is 0.0647 e. The summed E-state index contributed by atoms with van der Waals surface area (Å²) in [6, 6.07) is 0. The van der Waals surface area contributed by atoms with Gasteiger partial charge in [-0.05, 0) is 12.8 Å². The summed E-state index contributed by atoms with van der Waals surface area (Å²) in [4.78, 5) is 0. The molecule has 0 aromatic carbocycles. The lowest BCUT2D eigenvalue weighted by Crippen LogP contribution is -2.35. The van der Waals surface area contributed by atoms with Gasteiger partial charge in [-0.1, -0.05) is 59.8 Å². The molecule has 0 heterocycles. The van der Waals surface area contributed by atoms with E-state index in [0.29, 0.717) is 0 Å². The van der Waals surface area contributed by atoms with E-state index in [2.05, 4.69) is 27.7 Å². The molecule has 1 N–H and O–H groups in total. The van der Waals surface area contributed by atoms with Crippen molar-refractivity contribution in [3.63, 3.8) is 0 Å². The smallest absolute Gasteiger partial charge is 0.0647 e. The fourth-order valence-corrected chi connectivity index (χ4v) is 1.96. The topological polar surface area (TPSA) is 29.5 Å². The lowest BCUT2D eigenvalue weighted by atomic mass is 9.84. The van der Waals surface area contributed by atoms with Crippen LogP contribution in [-0.2, 0) is 4.74 Å². The Kier molecular flexibility index (Phi) is 9.85. The fraction of sp³-hybridized carbons (Fsp3) is 1.00. The Labute approximate surface area is 108 Å². The second kappa shape index (κ2) is 9.90. The highest BCUT2D eigenvalue weighted by molar-refractivity contribution is 4.78. The SMILES string of the molecule is CCCCCOC(CCCCC)C(C)(C)CO. The number of hydrogen-bond acceptors (Lipinski definition) is 2. The lowest BCUT2D eigenvalue weighted by Gasteiger charge is -2.32. The molecule has 0 rings (SSSR count). The van der Waals surface area contributed by atoms with Crippen molar-refractivity contribution >= 4 is 0 Å². The third-order valence-electron chi connectivity index (χ3n) is 3.42. The molecule has 0 aliphatic heterocycles. The van der Waals surface area contributed by atoms with Crippen LogP contribution in [0, 0.1) is 5.41 Å². The van der Waals surface area contributed by atoms with E-state index in [4.69, 9.17) is 4.74 Å². The maximum atomic E-state index is 9.44. The molecule has 1 atom stereocenters. The minimum atomic E-state index is -0.111. The van der Waals surface area contributed by atoms with Crippen LogP contribution >= 0.6 is 0 Å². The molecule has 0 amide bonds. The van der Waals surface area contributed by atoms with Gasteiger partial charge in [0.2, 0.25) is 0 Å². The minimum absolute atomic E-state index is 0.111. The van der Waals surface area contributed by atoms with Crippen LogP contribution in [0.2, 0.25) is 0 Å². The summed E-state index contributed by atoms with van der Waals surface area (Å²) in [5.41, 5.74) is -0.111. The Morgan fingerprint density at radius 2 is 1.59 bits per heavy atom. The fourth-order valence-electron chi connectivity index (χ4n) is 1.96. The highest BCUT2D eigenvalue weighted by Gasteiger charge is 2.28. The molecule has 1 unspecified atom stereocenters. The molecule has 2 nitrogen and oxygen atoms in total. The highest BCUT2D eigenvalue weighted by atomic mass is 16.5. The largest absolute Gasteiger partial charge is 0.396 e. The summed E-state index contributed by atoms with van der Waals surface area (Å²) >= 11 is 0. The average molecular weight is 244 g/mol. The van der Waals surface area contributed by atoms with Gasteiger partial charge in [0.1, 0.15) is 0 Å². The number of aliphatic hydroxyl groups is 1. The Hall–Kier alpha value is -0.0800. The van der Waals surface area contributed by atoms with Crippen LogP contribution in [0.1, 0.15) is 72.6 Å². The molecule has 0 saturated heterocycles. The van der Waals surface area contributed by atoms with Crippen LogP contribution in [0.3, 0.4) is 0 Å². The van der Waals surface area contributed by atoms with Crippen LogP contribution < -0.4 is 0 Å². The van der Waals surface area contributed by atoms with E-state index in [-0.39, 0.29) is 18.1 Å². The van der Waals surface area contributed by atoms with Crippen molar-refractivity contribution in [3.05, 3.63) is 0 Å². The number of aliphatic hydroxyl groups excluding tert-OH is 1. The predicted molar refractivity (Wildman–Crippen MR) is 74.3 cm³/mol. The van der Waals surface area contributed by atoms with Crippen molar-refractivity contribution in [3.8, 4) is 0 Å². The zero-order valence-electron chi connectivity index (χ0n) is 12.3. The first kappa shape index (κ1) is 16.9. The van der Waals surface area contributed by atoms with E-state index in [9.17, 15) is 5.11 Å². The van der Waals surface area contributed by atoms with Crippen LogP contribution in [-0.4, -0.2) is 24.4 Å². The molecule has 0 spiro atoms. The molecule has 0 radical (unpaired) electrons. The Morgan fingerprint density at radius 3 is 2.12 bits per heavy atom. The molecule has 0 aliphatic rings. The van der Waals surface area contributed by atoms with Gasteiger partial charge in [-0.3, -0.25) is 0 Å².